The van der Waals surface area contributed by atoms with E-state index in [1.54, 1.807) is 0 Å². The molecule has 0 aliphatic heterocycles. The number of esters is 1. The SMILES string of the molecule is BC(=O)CNC(=O)NCCOC(=O)C(=C)C. The fourth-order valence-electron chi connectivity index (χ4n) is 0.699. The smallest absolute Gasteiger partial charge is 0.333 e. The summed E-state index contributed by atoms with van der Waals surface area (Å²) < 4.78 is 4.73. The molecule has 0 aromatic heterocycles. The molecule has 0 spiro atoms. The number of carbonyl (C=O) groups is 3. The van der Waals surface area contributed by atoms with Gasteiger partial charge < -0.3 is 20.2 Å². The lowest BCUT2D eigenvalue weighted by atomic mass is 10.0. The van der Waals surface area contributed by atoms with Crippen LogP contribution in [0.15, 0.2) is 12.2 Å². The van der Waals surface area contributed by atoms with Crippen molar-refractivity contribution in [1.29, 1.82) is 0 Å². The Bertz CT molecular complexity index is 304. The van der Waals surface area contributed by atoms with Gasteiger partial charge in [0.15, 0.2) is 7.85 Å². The van der Waals surface area contributed by atoms with E-state index in [9.17, 15) is 14.4 Å². The first-order chi connectivity index (χ1) is 7.43. The first-order valence-electron chi connectivity index (χ1n) is 4.77. The van der Waals surface area contributed by atoms with E-state index in [2.05, 4.69) is 17.2 Å². The average Bonchev–Trinajstić information content (AvgIpc) is 2.20. The molecule has 0 radical (unpaired) electrons. The van der Waals surface area contributed by atoms with Gasteiger partial charge in [0, 0.05) is 5.57 Å². The minimum Gasteiger partial charge on any atom is -0.460 e. The average molecular weight is 226 g/mol. The Hall–Kier alpha value is -1.79. The first kappa shape index (κ1) is 14.2. The van der Waals surface area contributed by atoms with Crippen LogP contribution in [0.2, 0.25) is 0 Å². The Kier molecular flexibility index (Phi) is 6.66. The zero-order chi connectivity index (χ0) is 12.6. The zero-order valence-corrected chi connectivity index (χ0v) is 9.46. The summed E-state index contributed by atoms with van der Waals surface area (Å²) in [6, 6.07) is -0.471. The summed E-state index contributed by atoms with van der Waals surface area (Å²) in [6.07, 6.45) is 0. The van der Waals surface area contributed by atoms with E-state index < -0.39 is 12.0 Å². The summed E-state index contributed by atoms with van der Waals surface area (Å²) in [5, 5.41) is 4.76. The van der Waals surface area contributed by atoms with Gasteiger partial charge in [-0.1, -0.05) is 6.58 Å². The molecule has 0 bridgehead atoms. The van der Waals surface area contributed by atoms with Gasteiger partial charge >= 0.3 is 12.0 Å². The number of urea groups is 1. The molecule has 0 aromatic rings. The van der Waals surface area contributed by atoms with Crippen LogP contribution in [0.25, 0.3) is 0 Å². The number of hydrogen-bond donors (Lipinski definition) is 2. The van der Waals surface area contributed by atoms with Crippen LogP contribution >= 0.6 is 0 Å². The predicted octanol–water partition coefficient (Wildman–Crippen LogP) is -1.44. The topological polar surface area (TPSA) is 84.5 Å². The highest BCUT2D eigenvalue weighted by atomic mass is 16.5. The Balaban J connectivity index is 3.52. The van der Waals surface area contributed by atoms with Gasteiger partial charge in [-0.2, -0.15) is 0 Å². The number of amides is 2. The number of ether oxygens (including phenoxy) is 1. The van der Waals surface area contributed by atoms with Gasteiger partial charge in [-0.3, -0.25) is 0 Å². The highest BCUT2D eigenvalue weighted by Crippen LogP contribution is 1.90. The summed E-state index contributed by atoms with van der Waals surface area (Å²) >= 11 is 0. The molecule has 7 heteroatoms. The second-order valence-corrected chi connectivity index (χ2v) is 3.23. The summed E-state index contributed by atoms with van der Waals surface area (Å²) in [6.45, 7) is 5.18. The molecule has 0 aliphatic rings. The summed E-state index contributed by atoms with van der Waals surface area (Å²) in [7, 11) is 1.37. The second kappa shape index (κ2) is 7.50. The maximum atomic E-state index is 11.0. The molecule has 0 aromatic carbocycles. The van der Waals surface area contributed by atoms with E-state index in [0.717, 1.165) is 0 Å². The molecule has 88 valence electrons. The molecule has 16 heavy (non-hydrogen) atoms. The first-order valence-corrected chi connectivity index (χ1v) is 4.77. The third-order valence-electron chi connectivity index (χ3n) is 1.47. The maximum absolute atomic E-state index is 11.0. The molecule has 0 saturated carbocycles. The minimum atomic E-state index is -0.494. The molecule has 0 aliphatic carbocycles. The molecule has 0 saturated heterocycles. The highest BCUT2D eigenvalue weighted by Gasteiger charge is 2.03. The standard InChI is InChI=1S/C9H15BN2O4/c1-6(2)8(14)16-4-3-11-9(15)12-5-7(10)13/h1,3-5,10H2,2H3,(H2,11,12,15). The van der Waals surface area contributed by atoms with E-state index in [0.29, 0.717) is 5.57 Å². The van der Waals surface area contributed by atoms with E-state index in [-0.39, 0.29) is 25.4 Å². The summed E-state index contributed by atoms with van der Waals surface area (Å²) in [5.74, 6) is -0.494. The minimum absolute atomic E-state index is 0.0165. The molecule has 2 N–H and O–H groups in total. The monoisotopic (exact) mass is 226 g/mol. The Morgan fingerprint density at radius 3 is 2.44 bits per heavy atom. The van der Waals surface area contributed by atoms with Crippen LogP contribution in [0.3, 0.4) is 0 Å². The lowest BCUT2D eigenvalue weighted by Gasteiger charge is -2.07. The van der Waals surface area contributed by atoms with Crippen LogP contribution < -0.4 is 10.6 Å². The van der Waals surface area contributed by atoms with Crippen molar-refractivity contribution >= 4 is 25.5 Å². The van der Waals surface area contributed by atoms with Crippen LogP contribution in [-0.2, 0) is 14.3 Å². The van der Waals surface area contributed by atoms with Crippen LogP contribution in [0.1, 0.15) is 6.92 Å². The third kappa shape index (κ3) is 7.60. The molecule has 2 amide bonds. The fourth-order valence-corrected chi connectivity index (χ4v) is 0.699. The van der Waals surface area contributed by atoms with Gasteiger partial charge in [-0.05, 0) is 6.92 Å². The molecule has 0 heterocycles. The second-order valence-electron chi connectivity index (χ2n) is 3.23. The van der Waals surface area contributed by atoms with Crippen LogP contribution in [-0.4, -0.2) is 45.2 Å². The number of hydrogen-bond acceptors (Lipinski definition) is 4. The van der Waals surface area contributed by atoms with Crippen LogP contribution in [0.4, 0.5) is 4.79 Å². The lowest BCUT2D eigenvalue weighted by molar-refractivity contribution is -0.138. The number of rotatable bonds is 6. The van der Waals surface area contributed by atoms with Crippen molar-refractivity contribution in [3.05, 3.63) is 12.2 Å². The van der Waals surface area contributed by atoms with E-state index in [1.807, 2.05) is 0 Å². The van der Waals surface area contributed by atoms with Gasteiger partial charge in [0.1, 0.15) is 12.3 Å². The normalized spacial score (nSPS) is 9.06. The van der Waals surface area contributed by atoms with Gasteiger partial charge in [0.2, 0.25) is 0 Å². The Labute approximate surface area is 94.8 Å². The van der Waals surface area contributed by atoms with Gasteiger partial charge in [0.05, 0.1) is 13.1 Å². The van der Waals surface area contributed by atoms with Crippen molar-refractivity contribution in [3.8, 4) is 0 Å². The molecule has 0 unspecified atom stereocenters. The highest BCUT2D eigenvalue weighted by molar-refractivity contribution is 6.58. The molecule has 6 nitrogen and oxygen atoms in total. The van der Waals surface area contributed by atoms with Crippen LogP contribution in [0, 0.1) is 0 Å². The quantitative estimate of drug-likeness (QED) is 0.251. The van der Waals surface area contributed by atoms with Gasteiger partial charge in [-0.15, -0.1) is 0 Å². The third-order valence-corrected chi connectivity index (χ3v) is 1.47. The molecular formula is C9H15BN2O4. The van der Waals surface area contributed by atoms with Crippen molar-refractivity contribution in [1.82, 2.24) is 10.6 Å². The lowest BCUT2D eigenvalue weighted by Crippen LogP contribution is -2.40. The number of carbonyl (C=O) groups excluding carboxylic acids is 3. The van der Waals surface area contributed by atoms with Crippen molar-refractivity contribution in [2.24, 2.45) is 0 Å². The van der Waals surface area contributed by atoms with Gasteiger partial charge in [-0.25, -0.2) is 9.59 Å². The largest absolute Gasteiger partial charge is 0.460 e. The summed E-state index contributed by atoms with van der Waals surface area (Å²) in [4.78, 5) is 32.4. The van der Waals surface area contributed by atoms with E-state index in [4.69, 9.17) is 4.74 Å². The molecular weight excluding hydrogens is 211 g/mol. The van der Waals surface area contributed by atoms with E-state index in [1.165, 1.54) is 14.8 Å². The van der Waals surface area contributed by atoms with Crippen molar-refractivity contribution < 1.29 is 19.1 Å². The Morgan fingerprint density at radius 2 is 1.94 bits per heavy atom. The fraction of sp³-hybridized carbons (Fsp3) is 0.444. The van der Waals surface area contributed by atoms with Gasteiger partial charge in [0.25, 0.3) is 0 Å². The van der Waals surface area contributed by atoms with E-state index >= 15 is 0 Å². The number of nitrogens with one attached hydrogen (secondary N) is 2. The summed E-state index contributed by atoms with van der Waals surface area (Å²) in [5.41, 5.74) is 0.171. The van der Waals surface area contributed by atoms with Crippen LogP contribution in [0.5, 0.6) is 0 Å². The molecule has 0 rings (SSSR count). The van der Waals surface area contributed by atoms with Crippen molar-refractivity contribution in [3.63, 3.8) is 0 Å². The maximum Gasteiger partial charge on any atom is 0.333 e. The molecule has 0 atom stereocenters. The van der Waals surface area contributed by atoms with Crippen molar-refractivity contribution in [2.45, 2.75) is 6.92 Å². The Morgan fingerprint density at radius 1 is 1.31 bits per heavy atom. The molecule has 0 fully saturated rings. The zero-order valence-electron chi connectivity index (χ0n) is 9.46. The predicted molar refractivity (Wildman–Crippen MR) is 60.7 cm³/mol. The van der Waals surface area contributed by atoms with Crippen molar-refractivity contribution in [2.75, 3.05) is 19.7 Å².